The Morgan fingerprint density at radius 2 is 2.06 bits per heavy atom. The number of hydrogen-bond donors (Lipinski definition) is 1. The van der Waals surface area contributed by atoms with Crippen molar-refractivity contribution < 1.29 is 4.74 Å². The van der Waals surface area contributed by atoms with Crippen molar-refractivity contribution in [1.82, 2.24) is 9.55 Å². The molecular formula is C14H19N3O. The number of benzene rings is 1. The minimum Gasteiger partial charge on any atom is -0.496 e. The quantitative estimate of drug-likeness (QED) is 0.904. The average molecular weight is 245 g/mol. The zero-order valence-corrected chi connectivity index (χ0v) is 11.3. The second-order valence-electron chi connectivity index (χ2n) is 4.67. The lowest BCUT2D eigenvalue weighted by atomic mass is 9.98. The molecule has 0 fully saturated rings. The van der Waals surface area contributed by atoms with Crippen LogP contribution >= 0.6 is 0 Å². The van der Waals surface area contributed by atoms with E-state index in [-0.39, 0.29) is 0 Å². The number of hydrogen-bond acceptors (Lipinski definition) is 3. The van der Waals surface area contributed by atoms with Gasteiger partial charge in [0.05, 0.1) is 19.0 Å². The van der Waals surface area contributed by atoms with Gasteiger partial charge in [0.1, 0.15) is 5.75 Å². The lowest BCUT2D eigenvalue weighted by Gasteiger charge is -2.13. The molecule has 0 aliphatic heterocycles. The van der Waals surface area contributed by atoms with Crippen molar-refractivity contribution in [2.45, 2.75) is 19.8 Å². The van der Waals surface area contributed by atoms with Gasteiger partial charge in [-0.2, -0.15) is 0 Å². The van der Waals surface area contributed by atoms with Crippen LogP contribution < -0.4 is 10.5 Å². The maximum Gasteiger partial charge on any atom is 0.200 e. The molecule has 18 heavy (non-hydrogen) atoms. The first-order valence-corrected chi connectivity index (χ1v) is 6.00. The number of nitrogens with two attached hydrogens (primary N) is 1. The number of aromatic nitrogens is 2. The molecule has 0 unspecified atom stereocenters. The summed E-state index contributed by atoms with van der Waals surface area (Å²) in [6.45, 7) is 4.30. The highest BCUT2D eigenvalue weighted by Gasteiger charge is 2.12. The molecule has 2 N–H and O–H groups in total. The predicted octanol–water partition coefficient (Wildman–Crippen LogP) is 2.80. The summed E-state index contributed by atoms with van der Waals surface area (Å²) in [4.78, 5) is 4.12. The maximum atomic E-state index is 5.76. The number of nitrogens with zero attached hydrogens (tertiary/aromatic N) is 2. The first-order chi connectivity index (χ1) is 8.54. The molecule has 96 valence electrons. The van der Waals surface area contributed by atoms with Crippen LogP contribution in [0.1, 0.15) is 25.3 Å². The monoisotopic (exact) mass is 245 g/mol. The van der Waals surface area contributed by atoms with Gasteiger partial charge in [-0.25, -0.2) is 4.98 Å². The molecule has 0 aliphatic carbocycles. The summed E-state index contributed by atoms with van der Waals surface area (Å²) in [5, 5.41) is 0. The van der Waals surface area contributed by atoms with E-state index in [9.17, 15) is 0 Å². The van der Waals surface area contributed by atoms with Crippen LogP contribution in [0.2, 0.25) is 0 Å². The highest BCUT2D eigenvalue weighted by atomic mass is 16.5. The van der Waals surface area contributed by atoms with Crippen molar-refractivity contribution in [2.24, 2.45) is 7.05 Å². The first-order valence-electron chi connectivity index (χ1n) is 6.00. The zero-order valence-electron chi connectivity index (χ0n) is 11.3. The standard InChI is InChI=1S/C14H19N3O/c1-9(2)11-7-10(5-6-13(11)18-4)12-8-16-14(15)17(12)3/h5-9H,1-4H3,(H2,15,16). The Bertz CT molecular complexity index is 558. The van der Waals surface area contributed by atoms with Crippen LogP contribution in [0.5, 0.6) is 5.75 Å². The van der Waals surface area contributed by atoms with E-state index >= 15 is 0 Å². The largest absolute Gasteiger partial charge is 0.496 e. The Morgan fingerprint density at radius 3 is 2.56 bits per heavy atom. The van der Waals surface area contributed by atoms with Gasteiger partial charge in [-0.1, -0.05) is 13.8 Å². The molecule has 2 rings (SSSR count). The topological polar surface area (TPSA) is 53.1 Å². The summed E-state index contributed by atoms with van der Waals surface area (Å²) in [7, 11) is 3.61. The Hall–Kier alpha value is -1.97. The normalized spacial score (nSPS) is 10.9. The Morgan fingerprint density at radius 1 is 1.33 bits per heavy atom. The third-order valence-electron chi connectivity index (χ3n) is 3.17. The summed E-state index contributed by atoms with van der Waals surface area (Å²) >= 11 is 0. The van der Waals surface area contributed by atoms with Crippen molar-refractivity contribution in [3.05, 3.63) is 30.0 Å². The molecule has 0 saturated carbocycles. The van der Waals surface area contributed by atoms with Gasteiger partial charge in [-0.3, -0.25) is 0 Å². The summed E-state index contributed by atoms with van der Waals surface area (Å²) < 4.78 is 7.27. The van der Waals surface area contributed by atoms with E-state index < -0.39 is 0 Å². The van der Waals surface area contributed by atoms with Gasteiger partial charge in [0.15, 0.2) is 5.95 Å². The molecule has 0 amide bonds. The second-order valence-corrected chi connectivity index (χ2v) is 4.67. The van der Waals surface area contributed by atoms with Crippen molar-refractivity contribution in [1.29, 1.82) is 0 Å². The van der Waals surface area contributed by atoms with E-state index in [1.165, 1.54) is 5.56 Å². The molecule has 2 aromatic rings. The van der Waals surface area contributed by atoms with E-state index in [1.54, 1.807) is 13.3 Å². The number of methoxy groups -OCH3 is 1. The van der Waals surface area contributed by atoms with Gasteiger partial charge in [-0.15, -0.1) is 0 Å². The van der Waals surface area contributed by atoms with Crippen molar-refractivity contribution in [3.63, 3.8) is 0 Å². The van der Waals surface area contributed by atoms with E-state index in [1.807, 2.05) is 23.7 Å². The maximum absolute atomic E-state index is 5.76. The smallest absolute Gasteiger partial charge is 0.200 e. The lowest BCUT2D eigenvalue weighted by molar-refractivity contribution is 0.407. The molecular weight excluding hydrogens is 226 g/mol. The summed E-state index contributed by atoms with van der Waals surface area (Å²) in [5.41, 5.74) is 9.06. The summed E-state index contributed by atoms with van der Waals surface area (Å²) in [6, 6.07) is 6.16. The molecule has 1 aromatic carbocycles. The Kier molecular flexibility index (Phi) is 3.28. The molecule has 1 heterocycles. The third kappa shape index (κ3) is 2.06. The minimum absolute atomic E-state index is 0.408. The van der Waals surface area contributed by atoms with Crippen molar-refractivity contribution in [3.8, 4) is 17.0 Å². The van der Waals surface area contributed by atoms with E-state index in [0.29, 0.717) is 11.9 Å². The summed E-state index contributed by atoms with van der Waals surface area (Å²) in [5.74, 6) is 1.85. The molecule has 0 bridgehead atoms. The molecule has 0 radical (unpaired) electrons. The van der Waals surface area contributed by atoms with Crippen LogP contribution in [0.3, 0.4) is 0 Å². The number of anilines is 1. The van der Waals surface area contributed by atoms with E-state index in [0.717, 1.165) is 17.0 Å². The van der Waals surface area contributed by atoms with Crippen LogP contribution in [0, 0.1) is 0 Å². The number of imidazole rings is 1. The van der Waals surface area contributed by atoms with Crippen LogP contribution in [-0.2, 0) is 7.05 Å². The fraction of sp³-hybridized carbons (Fsp3) is 0.357. The SMILES string of the molecule is COc1ccc(-c2cnc(N)n2C)cc1C(C)C. The van der Waals surface area contributed by atoms with E-state index in [4.69, 9.17) is 10.5 Å². The predicted molar refractivity (Wildman–Crippen MR) is 73.7 cm³/mol. The van der Waals surface area contributed by atoms with Crippen molar-refractivity contribution >= 4 is 5.95 Å². The Labute approximate surface area is 107 Å². The van der Waals surface area contributed by atoms with Gasteiger partial charge in [0, 0.05) is 12.6 Å². The molecule has 0 atom stereocenters. The van der Waals surface area contributed by atoms with Gasteiger partial charge in [-0.05, 0) is 29.7 Å². The van der Waals surface area contributed by atoms with Crippen LogP contribution in [0.25, 0.3) is 11.3 Å². The fourth-order valence-electron chi connectivity index (χ4n) is 2.04. The van der Waals surface area contributed by atoms with Crippen LogP contribution in [-0.4, -0.2) is 16.7 Å². The number of ether oxygens (including phenoxy) is 1. The van der Waals surface area contributed by atoms with Crippen LogP contribution in [0.4, 0.5) is 5.95 Å². The highest BCUT2D eigenvalue weighted by molar-refractivity contribution is 5.64. The first kappa shape index (κ1) is 12.5. The Balaban J connectivity index is 2.53. The van der Waals surface area contributed by atoms with Crippen LogP contribution in [0.15, 0.2) is 24.4 Å². The van der Waals surface area contributed by atoms with Gasteiger partial charge >= 0.3 is 0 Å². The molecule has 1 aromatic heterocycles. The minimum atomic E-state index is 0.408. The highest BCUT2D eigenvalue weighted by Crippen LogP contribution is 2.31. The van der Waals surface area contributed by atoms with Gasteiger partial charge < -0.3 is 15.0 Å². The average Bonchev–Trinajstić information content (AvgIpc) is 2.69. The second kappa shape index (κ2) is 4.72. The number of nitrogen functional groups attached to an aromatic ring is 1. The molecule has 0 saturated heterocycles. The van der Waals surface area contributed by atoms with Crippen molar-refractivity contribution in [2.75, 3.05) is 12.8 Å². The number of rotatable bonds is 3. The van der Waals surface area contributed by atoms with Gasteiger partial charge in [0.25, 0.3) is 0 Å². The van der Waals surface area contributed by atoms with E-state index in [2.05, 4.69) is 24.9 Å². The zero-order chi connectivity index (χ0) is 13.3. The summed E-state index contributed by atoms with van der Waals surface area (Å²) in [6.07, 6.45) is 1.79. The molecule has 4 nitrogen and oxygen atoms in total. The van der Waals surface area contributed by atoms with Gasteiger partial charge in [0.2, 0.25) is 0 Å². The molecule has 0 spiro atoms. The third-order valence-corrected chi connectivity index (χ3v) is 3.17. The fourth-order valence-corrected chi connectivity index (χ4v) is 2.04. The molecule has 0 aliphatic rings. The lowest BCUT2D eigenvalue weighted by Crippen LogP contribution is -2.00. The molecule has 4 heteroatoms.